The van der Waals surface area contributed by atoms with Crippen molar-refractivity contribution in [3.05, 3.63) is 102 Å². The first-order valence-electron chi connectivity index (χ1n) is 7.79. The molecule has 0 heterocycles. The number of hydrogen-bond donors (Lipinski definition) is 1. The van der Waals surface area contributed by atoms with Crippen LogP contribution in [0.2, 0.25) is 0 Å². The molecule has 3 rings (SSSR count). The van der Waals surface area contributed by atoms with E-state index in [1.54, 1.807) is 0 Å². The molecule has 2 atom stereocenters. The summed E-state index contributed by atoms with van der Waals surface area (Å²) < 4.78 is 6.11. The summed E-state index contributed by atoms with van der Waals surface area (Å²) in [4.78, 5) is 0. The minimum Gasteiger partial charge on any atom is -0.486 e. The predicted octanol–water partition coefficient (Wildman–Crippen LogP) is 4.91. The van der Waals surface area contributed by atoms with Crippen molar-refractivity contribution >= 4 is 0 Å². The van der Waals surface area contributed by atoms with Gasteiger partial charge in [-0.05, 0) is 24.1 Å². The summed E-state index contributed by atoms with van der Waals surface area (Å²) in [5.74, 6) is 0.709. The van der Waals surface area contributed by atoms with E-state index in [9.17, 15) is 5.11 Å². The van der Waals surface area contributed by atoms with E-state index < -0.39 is 6.10 Å². The largest absolute Gasteiger partial charge is 0.486 e. The second kappa shape index (κ2) is 7.12. The fourth-order valence-electron chi connectivity index (χ4n) is 2.61. The van der Waals surface area contributed by atoms with Crippen molar-refractivity contribution in [1.82, 2.24) is 0 Å². The highest BCUT2D eigenvalue weighted by molar-refractivity contribution is 5.40. The summed E-state index contributed by atoms with van der Waals surface area (Å²) in [5, 5.41) is 10.7. The third-order valence-corrected chi connectivity index (χ3v) is 3.90. The monoisotopic (exact) mass is 304 g/mol. The molecule has 0 aliphatic carbocycles. The lowest BCUT2D eigenvalue weighted by atomic mass is 10.0. The van der Waals surface area contributed by atoms with Gasteiger partial charge in [-0.3, -0.25) is 0 Å². The van der Waals surface area contributed by atoms with E-state index >= 15 is 0 Å². The van der Waals surface area contributed by atoms with Crippen molar-refractivity contribution in [3.8, 4) is 5.75 Å². The van der Waals surface area contributed by atoms with Crippen molar-refractivity contribution in [2.75, 3.05) is 0 Å². The highest BCUT2D eigenvalue weighted by Crippen LogP contribution is 2.32. The van der Waals surface area contributed by atoms with E-state index in [4.69, 9.17) is 4.74 Å². The van der Waals surface area contributed by atoms with Gasteiger partial charge in [0.05, 0.1) is 0 Å². The molecular formula is C21H20O2. The van der Waals surface area contributed by atoms with Gasteiger partial charge < -0.3 is 9.84 Å². The zero-order valence-corrected chi connectivity index (χ0v) is 13.1. The second-order valence-electron chi connectivity index (χ2n) is 5.52. The van der Waals surface area contributed by atoms with Gasteiger partial charge in [0.1, 0.15) is 18.0 Å². The SMILES string of the molecule is C[C@H](Oc1ccccc1[C@H](O)c1ccccc1)c1ccccc1. The average Bonchev–Trinajstić information content (AvgIpc) is 2.63. The molecule has 23 heavy (non-hydrogen) atoms. The van der Waals surface area contributed by atoms with Crippen LogP contribution >= 0.6 is 0 Å². The number of benzene rings is 3. The van der Waals surface area contributed by atoms with Gasteiger partial charge in [0, 0.05) is 5.56 Å². The first-order chi connectivity index (χ1) is 11.3. The van der Waals surface area contributed by atoms with Crippen LogP contribution in [0.15, 0.2) is 84.9 Å². The zero-order valence-electron chi connectivity index (χ0n) is 13.1. The summed E-state index contributed by atoms with van der Waals surface area (Å²) in [6.07, 6.45) is -0.782. The third kappa shape index (κ3) is 3.61. The Balaban J connectivity index is 1.86. The fraction of sp³-hybridized carbons (Fsp3) is 0.143. The molecule has 0 aliphatic rings. The Morgan fingerprint density at radius 1 is 0.696 bits per heavy atom. The highest BCUT2D eigenvalue weighted by atomic mass is 16.5. The van der Waals surface area contributed by atoms with Crippen LogP contribution in [-0.2, 0) is 0 Å². The van der Waals surface area contributed by atoms with Gasteiger partial charge >= 0.3 is 0 Å². The number of aliphatic hydroxyl groups is 1. The van der Waals surface area contributed by atoms with Gasteiger partial charge in [-0.15, -0.1) is 0 Å². The van der Waals surface area contributed by atoms with Gasteiger partial charge in [0.25, 0.3) is 0 Å². The Bertz CT molecular complexity index is 738. The maximum Gasteiger partial charge on any atom is 0.126 e. The molecule has 0 saturated carbocycles. The van der Waals surface area contributed by atoms with E-state index in [1.165, 1.54) is 0 Å². The maximum absolute atomic E-state index is 10.7. The molecule has 0 bridgehead atoms. The smallest absolute Gasteiger partial charge is 0.126 e. The number of para-hydroxylation sites is 1. The zero-order chi connectivity index (χ0) is 16.1. The predicted molar refractivity (Wildman–Crippen MR) is 92.4 cm³/mol. The van der Waals surface area contributed by atoms with Crippen molar-refractivity contribution in [3.63, 3.8) is 0 Å². The lowest BCUT2D eigenvalue weighted by Crippen LogP contribution is -2.07. The van der Waals surface area contributed by atoms with Gasteiger partial charge in [-0.1, -0.05) is 78.9 Å². The quantitative estimate of drug-likeness (QED) is 0.726. The first kappa shape index (κ1) is 15.3. The van der Waals surface area contributed by atoms with E-state index in [2.05, 4.69) is 0 Å². The van der Waals surface area contributed by atoms with E-state index in [0.29, 0.717) is 5.75 Å². The molecule has 116 valence electrons. The molecule has 0 amide bonds. The fourth-order valence-corrected chi connectivity index (χ4v) is 2.61. The number of aliphatic hydroxyl groups excluding tert-OH is 1. The molecular weight excluding hydrogens is 284 g/mol. The molecule has 3 aromatic rings. The normalized spacial score (nSPS) is 13.3. The number of rotatable bonds is 5. The van der Waals surface area contributed by atoms with Crippen LogP contribution in [0.5, 0.6) is 5.75 Å². The second-order valence-corrected chi connectivity index (χ2v) is 5.52. The molecule has 1 N–H and O–H groups in total. The molecule has 0 fully saturated rings. The Morgan fingerprint density at radius 2 is 1.22 bits per heavy atom. The minimum absolute atomic E-state index is 0.0830. The summed E-state index contributed by atoms with van der Waals surface area (Å²) in [6, 6.07) is 27.4. The Kier molecular flexibility index (Phi) is 4.74. The van der Waals surface area contributed by atoms with Crippen molar-refractivity contribution in [2.24, 2.45) is 0 Å². The van der Waals surface area contributed by atoms with Crippen LogP contribution in [0.25, 0.3) is 0 Å². The summed E-state index contributed by atoms with van der Waals surface area (Å²) in [7, 11) is 0. The van der Waals surface area contributed by atoms with Crippen molar-refractivity contribution in [1.29, 1.82) is 0 Å². The first-order valence-corrected chi connectivity index (χ1v) is 7.79. The summed E-state index contributed by atoms with van der Waals surface area (Å²) in [6.45, 7) is 2.01. The molecule has 3 aromatic carbocycles. The lowest BCUT2D eigenvalue weighted by Gasteiger charge is -2.20. The Hall–Kier alpha value is -2.58. The van der Waals surface area contributed by atoms with Gasteiger partial charge in [-0.2, -0.15) is 0 Å². The van der Waals surface area contributed by atoms with Crippen LogP contribution < -0.4 is 4.74 Å². The highest BCUT2D eigenvalue weighted by Gasteiger charge is 2.17. The van der Waals surface area contributed by atoms with Crippen LogP contribution in [0.3, 0.4) is 0 Å². The van der Waals surface area contributed by atoms with Crippen LogP contribution in [-0.4, -0.2) is 5.11 Å². The topological polar surface area (TPSA) is 29.5 Å². The molecule has 0 aliphatic heterocycles. The van der Waals surface area contributed by atoms with E-state index in [-0.39, 0.29) is 6.10 Å². The molecule has 2 heteroatoms. The number of hydrogen-bond acceptors (Lipinski definition) is 2. The van der Waals surface area contributed by atoms with Crippen LogP contribution in [0, 0.1) is 0 Å². The van der Waals surface area contributed by atoms with Crippen molar-refractivity contribution < 1.29 is 9.84 Å². The number of ether oxygens (including phenoxy) is 1. The molecule has 0 spiro atoms. The summed E-state index contributed by atoms with van der Waals surface area (Å²) >= 11 is 0. The molecule has 0 unspecified atom stereocenters. The standard InChI is InChI=1S/C21H20O2/c1-16(17-10-4-2-5-11-17)23-20-15-9-8-14-19(20)21(22)18-12-6-3-7-13-18/h2-16,21-22H,1H3/t16-,21+/m0/s1. The van der Waals surface area contributed by atoms with Crippen LogP contribution in [0.1, 0.15) is 35.8 Å². The Labute approximate surface area is 137 Å². The van der Waals surface area contributed by atoms with E-state index in [1.807, 2.05) is 91.9 Å². The van der Waals surface area contributed by atoms with Crippen molar-refractivity contribution in [2.45, 2.75) is 19.1 Å². The lowest BCUT2D eigenvalue weighted by molar-refractivity contribution is 0.192. The van der Waals surface area contributed by atoms with Gasteiger partial charge in [0.2, 0.25) is 0 Å². The summed E-state index contributed by atoms with van der Waals surface area (Å²) in [5.41, 5.74) is 2.74. The van der Waals surface area contributed by atoms with Gasteiger partial charge in [-0.25, -0.2) is 0 Å². The average molecular weight is 304 g/mol. The van der Waals surface area contributed by atoms with E-state index in [0.717, 1.165) is 16.7 Å². The van der Waals surface area contributed by atoms with Crippen LogP contribution in [0.4, 0.5) is 0 Å². The Morgan fingerprint density at radius 3 is 1.87 bits per heavy atom. The minimum atomic E-state index is -0.699. The molecule has 0 radical (unpaired) electrons. The molecule has 0 aromatic heterocycles. The van der Waals surface area contributed by atoms with Gasteiger partial charge in [0.15, 0.2) is 0 Å². The maximum atomic E-state index is 10.7. The molecule has 2 nitrogen and oxygen atoms in total. The molecule has 0 saturated heterocycles. The third-order valence-electron chi connectivity index (χ3n) is 3.90.